The molecule has 0 aromatic heterocycles. The number of benzene rings is 11. The molecule has 0 bridgehead atoms. The van der Waals surface area contributed by atoms with Gasteiger partial charge in [-0.3, -0.25) is 0 Å². The maximum Gasteiger partial charge on any atom is 0.0714 e. The molecule has 2 heterocycles. The van der Waals surface area contributed by atoms with Crippen LogP contribution in [-0.2, 0) is 18.3 Å². The molecule has 0 amide bonds. The normalized spacial score (nSPS) is 14.0. The maximum atomic E-state index is 2.48. The van der Waals surface area contributed by atoms with Crippen LogP contribution in [0.2, 0.25) is 0 Å². The van der Waals surface area contributed by atoms with Gasteiger partial charge < -0.3 is 9.80 Å². The standard InChI is InChI=1S/C67H46N2/c1-3-19-53(20-4-1)67(54-21-5-2-6-22-54)61-40-46(30-36-59(61)60-38-34-56(44-62(60)67)69-65-25-13-9-17-51(65)42-52-18-10-14-26-66(52)69)28-27-45-29-35-57-47(39-45)31-32-48-43-55(33-37-58(48)57)68-63-23-11-7-15-49(63)41-50-16-8-12-24-64(50)68/h1-40,43-44H,41-42H2/b28-27+. The molecule has 0 saturated heterocycles. The molecular formula is C67H46N2. The fourth-order valence-corrected chi connectivity index (χ4v) is 12.0. The van der Waals surface area contributed by atoms with E-state index in [1.165, 1.54) is 122 Å². The number of hydrogen-bond donors (Lipinski definition) is 0. The van der Waals surface area contributed by atoms with Crippen LogP contribution < -0.4 is 9.80 Å². The highest BCUT2D eigenvalue weighted by molar-refractivity contribution is 6.09. The molecule has 0 saturated carbocycles. The van der Waals surface area contributed by atoms with Gasteiger partial charge in [-0.15, -0.1) is 0 Å². The summed E-state index contributed by atoms with van der Waals surface area (Å²) in [5.41, 5.74) is 22.2. The third kappa shape index (κ3) is 6.19. The molecule has 0 spiro atoms. The Hall–Kier alpha value is -8.72. The molecule has 11 aromatic rings. The Labute approximate surface area is 403 Å². The van der Waals surface area contributed by atoms with E-state index in [9.17, 15) is 0 Å². The maximum absolute atomic E-state index is 2.48. The van der Waals surface area contributed by atoms with Crippen molar-refractivity contribution in [3.8, 4) is 11.1 Å². The second-order valence-electron chi connectivity index (χ2n) is 18.8. The SMILES string of the molecule is C(=C\c1ccc2c(ccc3cc(N4c5ccccc5Cc5ccccc54)ccc32)c1)/c1ccc2c(c1)C(c1ccccc1)(c1ccccc1)c1cc(N3c4ccccc4Cc4ccccc43)ccc1-2. The number of para-hydroxylation sites is 4. The molecule has 2 heteroatoms. The molecule has 11 aromatic carbocycles. The number of anilines is 6. The van der Waals surface area contributed by atoms with Gasteiger partial charge in [-0.1, -0.05) is 194 Å². The molecule has 0 atom stereocenters. The van der Waals surface area contributed by atoms with Gasteiger partial charge in [-0.2, -0.15) is 0 Å². The average molecular weight is 879 g/mol. The molecule has 14 rings (SSSR count). The summed E-state index contributed by atoms with van der Waals surface area (Å²) in [6.07, 6.45) is 6.44. The smallest absolute Gasteiger partial charge is 0.0714 e. The lowest BCUT2D eigenvalue weighted by molar-refractivity contribution is 0.768. The van der Waals surface area contributed by atoms with Crippen molar-refractivity contribution in [2.24, 2.45) is 0 Å². The van der Waals surface area contributed by atoms with Gasteiger partial charge in [-0.05, 0) is 149 Å². The molecule has 3 aliphatic rings. The lowest BCUT2D eigenvalue weighted by Gasteiger charge is -2.36. The highest BCUT2D eigenvalue weighted by Crippen LogP contribution is 2.58. The summed E-state index contributed by atoms with van der Waals surface area (Å²) < 4.78 is 0. The number of rotatable bonds is 6. The summed E-state index contributed by atoms with van der Waals surface area (Å²) in [6.45, 7) is 0. The lowest BCUT2D eigenvalue weighted by atomic mass is 9.67. The van der Waals surface area contributed by atoms with Gasteiger partial charge in [-0.25, -0.2) is 0 Å². The van der Waals surface area contributed by atoms with E-state index in [2.05, 4.69) is 265 Å². The van der Waals surface area contributed by atoms with E-state index in [0.717, 1.165) is 12.8 Å². The number of hydrogen-bond acceptors (Lipinski definition) is 2. The van der Waals surface area contributed by atoms with Crippen LogP contribution in [0.25, 0.3) is 44.8 Å². The van der Waals surface area contributed by atoms with Crippen molar-refractivity contribution in [2.45, 2.75) is 18.3 Å². The zero-order chi connectivity index (χ0) is 45.5. The Balaban J connectivity index is 0.853. The Morgan fingerprint density at radius 3 is 1.25 bits per heavy atom. The minimum Gasteiger partial charge on any atom is -0.310 e. The van der Waals surface area contributed by atoms with Crippen molar-refractivity contribution in [1.29, 1.82) is 0 Å². The predicted molar refractivity (Wildman–Crippen MR) is 289 cm³/mol. The molecule has 1 aliphatic carbocycles. The topological polar surface area (TPSA) is 6.48 Å². The van der Waals surface area contributed by atoms with E-state index in [-0.39, 0.29) is 0 Å². The van der Waals surface area contributed by atoms with Crippen LogP contribution in [0.3, 0.4) is 0 Å². The van der Waals surface area contributed by atoms with Crippen LogP contribution in [0.5, 0.6) is 0 Å². The first kappa shape index (κ1) is 39.4. The average Bonchev–Trinajstić information content (AvgIpc) is 3.70. The minimum atomic E-state index is -0.549. The summed E-state index contributed by atoms with van der Waals surface area (Å²) in [5, 5.41) is 4.99. The van der Waals surface area contributed by atoms with Crippen LogP contribution in [-0.4, -0.2) is 0 Å². The van der Waals surface area contributed by atoms with Crippen molar-refractivity contribution in [3.63, 3.8) is 0 Å². The van der Waals surface area contributed by atoms with Crippen LogP contribution in [0.4, 0.5) is 34.1 Å². The summed E-state index contributed by atoms with van der Waals surface area (Å²) in [7, 11) is 0. The van der Waals surface area contributed by atoms with Crippen molar-refractivity contribution in [3.05, 3.63) is 298 Å². The molecule has 0 N–H and O–H groups in total. The second-order valence-corrected chi connectivity index (χ2v) is 18.8. The van der Waals surface area contributed by atoms with E-state index in [0.29, 0.717) is 0 Å². The van der Waals surface area contributed by atoms with Gasteiger partial charge in [0.05, 0.1) is 5.41 Å². The van der Waals surface area contributed by atoms with E-state index in [1.54, 1.807) is 0 Å². The largest absolute Gasteiger partial charge is 0.310 e. The first-order valence-electron chi connectivity index (χ1n) is 24.2. The third-order valence-corrected chi connectivity index (χ3v) is 15.1. The molecule has 69 heavy (non-hydrogen) atoms. The lowest BCUT2D eigenvalue weighted by Crippen LogP contribution is -2.29. The molecule has 0 unspecified atom stereocenters. The van der Waals surface area contributed by atoms with Crippen LogP contribution in [0, 0.1) is 0 Å². The summed E-state index contributed by atoms with van der Waals surface area (Å²) in [4.78, 5) is 4.91. The van der Waals surface area contributed by atoms with Crippen molar-refractivity contribution in [1.82, 2.24) is 0 Å². The van der Waals surface area contributed by atoms with Crippen LogP contribution in [0.15, 0.2) is 243 Å². The van der Waals surface area contributed by atoms with Gasteiger partial charge in [0.2, 0.25) is 0 Å². The fourth-order valence-electron chi connectivity index (χ4n) is 12.0. The molecule has 324 valence electrons. The number of fused-ring (bicyclic) bond motifs is 10. The first-order chi connectivity index (χ1) is 34.2. The highest BCUT2D eigenvalue weighted by atomic mass is 15.2. The van der Waals surface area contributed by atoms with Crippen LogP contribution >= 0.6 is 0 Å². The van der Waals surface area contributed by atoms with Crippen molar-refractivity contribution >= 4 is 67.8 Å². The van der Waals surface area contributed by atoms with E-state index in [1.807, 2.05) is 0 Å². The van der Waals surface area contributed by atoms with E-state index >= 15 is 0 Å². The van der Waals surface area contributed by atoms with Gasteiger partial charge in [0.15, 0.2) is 0 Å². The highest BCUT2D eigenvalue weighted by Gasteiger charge is 2.46. The first-order valence-corrected chi connectivity index (χ1v) is 24.2. The van der Waals surface area contributed by atoms with E-state index < -0.39 is 5.41 Å². The number of nitrogens with zero attached hydrogens (tertiary/aromatic N) is 2. The predicted octanol–water partition coefficient (Wildman–Crippen LogP) is 17.3. The summed E-state index contributed by atoms with van der Waals surface area (Å²) in [6, 6.07) is 90.4. The minimum absolute atomic E-state index is 0.549. The third-order valence-electron chi connectivity index (χ3n) is 15.1. The zero-order valence-corrected chi connectivity index (χ0v) is 38.1. The Morgan fingerprint density at radius 1 is 0.319 bits per heavy atom. The summed E-state index contributed by atoms with van der Waals surface area (Å²) in [5.74, 6) is 0. The van der Waals surface area contributed by atoms with Gasteiger partial charge >= 0.3 is 0 Å². The summed E-state index contributed by atoms with van der Waals surface area (Å²) >= 11 is 0. The molecule has 2 aliphatic heterocycles. The van der Waals surface area contributed by atoms with Gasteiger partial charge in [0, 0.05) is 47.0 Å². The monoisotopic (exact) mass is 878 g/mol. The zero-order valence-electron chi connectivity index (χ0n) is 38.1. The molecule has 0 radical (unpaired) electrons. The second kappa shape index (κ2) is 15.7. The fraction of sp³-hybridized carbons (Fsp3) is 0.0448. The van der Waals surface area contributed by atoms with E-state index in [4.69, 9.17) is 0 Å². The molecular weight excluding hydrogens is 833 g/mol. The Morgan fingerprint density at radius 2 is 0.710 bits per heavy atom. The van der Waals surface area contributed by atoms with Gasteiger partial charge in [0.25, 0.3) is 0 Å². The molecule has 0 fully saturated rings. The molecule has 2 nitrogen and oxygen atoms in total. The van der Waals surface area contributed by atoms with Crippen molar-refractivity contribution < 1.29 is 0 Å². The Bertz CT molecular complexity index is 3730. The van der Waals surface area contributed by atoms with Crippen molar-refractivity contribution in [2.75, 3.05) is 9.80 Å². The Kier molecular flexibility index (Phi) is 8.97. The quantitative estimate of drug-likeness (QED) is 0.121. The van der Waals surface area contributed by atoms with Gasteiger partial charge in [0.1, 0.15) is 0 Å². The van der Waals surface area contributed by atoms with Crippen LogP contribution in [0.1, 0.15) is 55.6 Å².